The topological polar surface area (TPSA) is 123 Å². The zero-order chi connectivity index (χ0) is 13.7. The van der Waals surface area contributed by atoms with E-state index in [1.165, 1.54) is 13.0 Å². The number of nitrogens with zero attached hydrogens (tertiary/aromatic N) is 1. The number of carboxylic acids is 1. The Morgan fingerprint density at radius 2 is 2.22 bits per heavy atom. The van der Waals surface area contributed by atoms with Gasteiger partial charge >= 0.3 is 11.9 Å². The molecule has 0 aliphatic rings. The number of amides is 1. The summed E-state index contributed by atoms with van der Waals surface area (Å²) in [7, 11) is 0. The Kier molecular flexibility index (Phi) is 4.41. The second-order valence-corrected chi connectivity index (χ2v) is 3.68. The van der Waals surface area contributed by atoms with Gasteiger partial charge < -0.3 is 14.8 Å². The molecule has 0 aliphatic heterocycles. The summed E-state index contributed by atoms with van der Waals surface area (Å²) < 4.78 is 4.68. The van der Waals surface area contributed by atoms with Gasteiger partial charge in [0, 0.05) is 6.54 Å². The summed E-state index contributed by atoms with van der Waals surface area (Å²) in [5.74, 6) is -2.82. The number of nitrogens with one attached hydrogen (secondary N) is 1. The molecule has 0 aromatic carbocycles. The zero-order valence-corrected chi connectivity index (χ0v) is 9.58. The van der Waals surface area contributed by atoms with Crippen LogP contribution < -0.4 is 5.32 Å². The molecule has 1 amide bonds. The van der Waals surface area contributed by atoms with Crippen molar-refractivity contribution in [2.75, 3.05) is 6.54 Å². The number of aliphatic carboxylic acids is 1. The summed E-state index contributed by atoms with van der Waals surface area (Å²) >= 11 is 0. The molecule has 2 N–H and O–H groups in total. The van der Waals surface area contributed by atoms with Gasteiger partial charge in [0.2, 0.25) is 0 Å². The van der Waals surface area contributed by atoms with E-state index in [2.05, 4.69) is 9.73 Å². The van der Waals surface area contributed by atoms with Crippen molar-refractivity contribution >= 4 is 17.8 Å². The maximum absolute atomic E-state index is 11.5. The molecule has 0 radical (unpaired) electrons. The Labute approximate surface area is 102 Å². The van der Waals surface area contributed by atoms with Crippen molar-refractivity contribution in [2.24, 2.45) is 5.92 Å². The molecule has 1 unspecified atom stereocenters. The average molecular weight is 256 g/mol. The maximum Gasteiger partial charge on any atom is 0.433 e. The number of nitro groups is 1. The van der Waals surface area contributed by atoms with Gasteiger partial charge in [0.15, 0.2) is 5.76 Å². The molecular formula is C10H12N2O6. The molecule has 0 saturated carbocycles. The van der Waals surface area contributed by atoms with Crippen LogP contribution in [-0.2, 0) is 4.79 Å². The van der Waals surface area contributed by atoms with Gasteiger partial charge in [-0.25, -0.2) is 0 Å². The third-order valence-electron chi connectivity index (χ3n) is 2.28. The second kappa shape index (κ2) is 5.80. The summed E-state index contributed by atoms with van der Waals surface area (Å²) in [6.45, 7) is 1.67. The summed E-state index contributed by atoms with van der Waals surface area (Å²) in [4.78, 5) is 31.6. The van der Waals surface area contributed by atoms with Crippen molar-refractivity contribution in [1.82, 2.24) is 5.32 Å². The Bertz CT molecular complexity index is 467. The molecule has 0 aliphatic carbocycles. The quantitative estimate of drug-likeness (QED) is 0.578. The predicted molar refractivity (Wildman–Crippen MR) is 59.1 cm³/mol. The number of hydrogen-bond acceptors (Lipinski definition) is 5. The van der Waals surface area contributed by atoms with Gasteiger partial charge in [-0.1, -0.05) is 6.92 Å². The van der Waals surface area contributed by atoms with E-state index in [0.29, 0.717) is 0 Å². The lowest BCUT2D eigenvalue weighted by Gasteiger charge is -2.06. The largest absolute Gasteiger partial charge is 0.481 e. The molecule has 1 aromatic heterocycles. The Morgan fingerprint density at radius 3 is 2.72 bits per heavy atom. The van der Waals surface area contributed by atoms with Crippen LogP contribution in [0.4, 0.5) is 5.88 Å². The van der Waals surface area contributed by atoms with Crippen molar-refractivity contribution < 1.29 is 24.0 Å². The van der Waals surface area contributed by atoms with E-state index in [1.807, 2.05) is 0 Å². The van der Waals surface area contributed by atoms with Crippen molar-refractivity contribution in [3.05, 3.63) is 28.0 Å². The Balaban J connectivity index is 2.45. The lowest BCUT2D eigenvalue weighted by atomic mass is 10.1. The molecule has 0 saturated heterocycles. The molecule has 18 heavy (non-hydrogen) atoms. The van der Waals surface area contributed by atoms with Crippen LogP contribution in [0.5, 0.6) is 0 Å². The fourth-order valence-electron chi connectivity index (χ4n) is 1.16. The van der Waals surface area contributed by atoms with Crippen molar-refractivity contribution in [3.8, 4) is 0 Å². The van der Waals surface area contributed by atoms with Crippen LogP contribution >= 0.6 is 0 Å². The molecule has 1 atom stereocenters. The second-order valence-electron chi connectivity index (χ2n) is 3.68. The van der Waals surface area contributed by atoms with Crippen LogP contribution in [0.2, 0.25) is 0 Å². The molecule has 8 nitrogen and oxygen atoms in total. The molecule has 1 aromatic rings. The van der Waals surface area contributed by atoms with Gasteiger partial charge in [-0.05, 0) is 12.5 Å². The molecule has 0 bridgehead atoms. The minimum Gasteiger partial charge on any atom is -0.481 e. The standard InChI is InChI=1S/C10H12N2O6/c1-6(10(14)15)4-5-11-9(13)7-2-3-8(18-7)12(16)17/h2-3,6H,4-5H2,1H3,(H,11,13)(H,14,15). The predicted octanol–water partition coefficient (Wildman–Crippen LogP) is 1.03. The fraction of sp³-hybridized carbons (Fsp3) is 0.400. The highest BCUT2D eigenvalue weighted by molar-refractivity contribution is 5.91. The van der Waals surface area contributed by atoms with Crippen LogP contribution in [0.25, 0.3) is 0 Å². The highest BCUT2D eigenvalue weighted by Gasteiger charge is 2.17. The van der Waals surface area contributed by atoms with Crippen LogP contribution in [0, 0.1) is 16.0 Å². The van der Waals surface area contributed by atoms with Gasteiger partial charge in [0.05, 0.1) is 12.0 Å². The molecular weight excluding hydrogens is 244 g/mol. The number of furan rings is 1. The van der Waals surface area contributed by atoms with E-state index in [-0.39, 0.29) is 18.7 Å². The van der Waals surface area contributed by atoms with Crippen molar-refractivity contribution in [3.63, 3.8) is 0 Å². The van der Waals surface area contributed by atoms with Crippen molar-refractivity contribution in [2.45, 2.75) is 13.3 Å². The minimum atomic E-state index is -0.946. The third-order valence-corrected chi connectivity index (χ3v) is 2.28. The molecule has 98 valence electrons. The molecule has 1 rings (SSSR count). The van der Waals surface area contributed by atoms with Crippen LogP contribution in [0.3, 0.4) is 0 Å². The monoisotopic (exact) mass is 256 g/mol. The van der Waals surface area contributed by atoms with Gasteiger partial charge in [-0.15, -0.1) is 0 Å². The van der Waals surface area contributed by atoms with E-state index < -0.39 is 28.6 Å². The lowest BCUT2D eigenvalue weighted by Crippen LogP contribution is -2.26. The van der Waals surface area contributed by atoms with Gasteiger partial charge in [0.1, 0.15) is 4.92 Å². The summed E-state index contributed by atoms with van der Waals surface area (Å²) in [6, 6.07) is 2.27. The SMILES string of the molecule is CC(CCNC(=O)c1ccc([N+](=O)[O-])o1)C(=O)O. The van der Waals surface area contributed by atoms with E-state index in [0.717, 1.165) is 6.07 Å². The van der Waals surface area contributed by atoms with Crippen molar-refractivity contribution in [1.29, 1.82) is 0 Å². The van der Waals surface area contributed by atoms with Gasteiger partial charge in [0.25, 0.3) is 5.91 Å². The number of carboxylic acid groups (broad SMARTS) is 1. The fourth-order valence-corrected chi connectivity index (χ4v) is 1.16. The first kappa shape index (κ1) is 13.7. The highest BCUT2D eigenvalue weighted by Crippen LogP contribution is 2.15. The van der Waals surface area contributed by atoms with E-state index >= 15 is 0 Å². The lowest BCUT2D eigenvalue weighted by molar-refractivity contribution is -0.402. The Hall–Kier alpha value is -2.38. The van der Waals surface area contributed by atoms with E-state index in [4.69, 9.17) is 5.11 Å². The van der Waals surface area contributed by atoms with Crippen LogP contribution in [0.1, 0.15) is 23.9 Å². The first-order chi connectivity index (χ1) is 8.41. The highest BCUT2D eigenvalue weighted by atomic mass is 16.6. The first-order valence-electron chi connectivity index (χ1n) is 5.17. The average Bonchev–Trinajstić information content (AvgIpc) is 2.77. The van der Waals surface area contributed by atoms with E-state index in [1.54, 1.807) is 0 Å². The summed E-state index contributed by atoms with van der Waals surface area (Å²) in [5.41, 5.74) is 0. The molecule has 8 heteroatoms. The first-order valence-corrected chi connectivity index (χ1v) is 5.17. The number of carbonyl (C=O) groups excluding carboxylic acids is 1. The molecule has 0 fully saturated rings. The van der Waals surface area contributed by atoms with Crippen LogP contribution in [-0.4, -0.2) is 28.5 Å². The molecule has 1 heterocycles. The Morgan fingerprint density at radius 1 is 1.56 bits per heavy atom. The number of carbonyl (C=O) groups is 2. The third kappa shape index (κ3) is 3.58. The molecule has 0 spiro atoms. The summed E-state index contributed by atoms with van der Waals surface area (Å²) in [6.07, 6.45) is 0.268. The number of rotatable bonds is 6. The van der Waals surface area contributed by atoms with Gasteiger partial charge in [-0.2, -0.15) is 0 Å². The normalized spacial score (nSPS) is 11.8. The number of hydrogen-bond donors (Lipinski definition) is 2. The maximum atomic E-state index is 11.5. The van der Waals surface area contributed by atoms with Gasteiger partial charge in [-0.3, -0.25) is 19.7 Å². The van der Waals surface area contributed by atoms with E-state index in [9.17, 15) is 19.7 Å². The zero-order valence-electron chi connectivity index (χ0n) is 9.58. The summed E-state index contributed by atoms with van der Waals surface area (Å²) in [5, 5.41) is 21.4. The minimum absolute atomic E-state index is 0.154. The smallest absolute Gasteiger partial charge is 0.433 e. The van der Waals surface area contributed by atoms with Crippen LogP contribution in [0.15, 0.2) is 16.5 Å².